The van der Waals surface area contributed by atoms with Gasteiger partial charge in [-0.15, -0.1) is 0 Å². The zero-order chi connectivity index (χ0) is 2.71. The molecule has 0 heterocycles. The molecular formula is C2H3NO2Ti. The summed E-state index contributed by atoms with van der Waals surface area (Å²) in [6.45, 7) is 1.43. The van der Waals surface area contributed by atoms with E-state index in [1.165, 1.54) is 6.92 Å². The maximum Gasteiger partial charge on any atom is 4.00 e. The molecule has 0 fully saturated rings. The first-order valence-electron chi connectivity index (χ1n) is 0.724. The van der Waals surface area contributed by atoms with Crippen LogP contribution in [-0.4, -0.2) is 0 Å². The predicted molar refractivity (Wildman–Crippen MR) is 12.7 cm³/mol. The fourth-order valence-corrected chi connectivity index (χ4v) is 0. The van der Waals surface area contributed by atoms with Crippen molar-refractivity contribution >= 4 is 0 Å². The molecule has 0 aliphatic carbocycles. The van der Waals surface area contributed by atoms with E-state index in [4.69, 9.17) is 5.26 Å². The maximum absolute atomic E-state index is 7.32. The Morgan fingerprint density at radius 3 is 1.33 bits per heavy atom. The molecule has 4 heteroatoms. The summed E-state index contributed by atoms with van der Waals surface area (Å²) in [5, 5.41) is 7.32. The van der Waals surface area contributed by atoms with Crippen LogP contribution in [0.4, 0.5) is 0 Å². The average molecular weight is 121 g/mol. The van der Waals surface area contributed by atoms with Gasteiger partial charge in [-0.2, -0.15) is 5.26 Å². The fraction of sp³-hybridized carbons (Fsp3) is 0.500. The van der Waals surface area contributed by atoms with Gasteiger partial charge in [0.2, 0.25) is 0 Å². The third-order valence-corrected chi connectivity index (χ3v) is 0. The monoisotopic (exact) mass is 121 g/mol. The van der Waals surface area contributed by atoms with E-state index in [0.717, 1.165) is 0 Å². The van der Waals surface area contributed by atoms with Crippen LogP contribution in [0.15, 0.2) is 0 Å². The Hall–Kier alpha value is 0.124. The van der Waals surface area contributed by atoms with Crippen LogP contribution in [0.5, 0.6) is 0 Å². The van der Waals surface area contributed by atoms with Gasteiger partial charge in [-0.3, -0.25) is 0 Å². The average Bonchev–Trinajstić information content (AvgIpc) is 0.918. The van der Waals surface area contributed by atoms with E-state index in [1.807, 2.05) is 0 Å². The summed E-state index contributed by atoms with van der Waals surface area (Å²) in [6, 6.07) is 1.75. The van der Waals surface area contributed by atoms with Crippen LogP contribution in [0.25, 0.3) is 0 Å². The third-order valence-electron chi connectivity index (χ3n) is 0. The van der Waals surface area contributed by atoms with Crippen LogP contribution in [0.1, 0.15) is 6.92 Å². The normalized spacial score (nSPS) is 1.33. The summed E-state index contributed by atoms with van der Waals surface area (Å²) in [5.41, 5.74) is 0. The minimum absolute atomic E-state index is 0. The fourth-order valence-electron chi connectivity index (χ4n) is 0. The largest absolute Gasteiger partial charge is 4.00 e. The quantitative estimate of drug-likeness (QED) is 0.424. The van der Waals surface area contributed by atoms with Crippen molar-refractivity contribution in [2.75, 3.05) is 0 Å². The van der Waals surface area contributed by atoms with E-state index in [-0.39, 0.29) is 32.7 Å². The Morgan fingerprint density at radius 1 is 1.33 bits per heavy atom. The molecule has 0 amide bonds. The third kappa shape index (κ3) is 2610. The molecule has 0 aromatic heterocycles. The Bertz CT molecular complexity index is 33.0. The molecule has 0 aliphatic rings. The molecule has 6 heavy (non-hydrogen) atoms. The first-order chi connectivity index (χ1) is 1.41. The minimum Gasteiger partial charge on any atom is -2.00 e. The zero-order valence-corrected chi connectivity index (χ0v) is 4.83. The van der Waals surface area contributed by atoms with Gasteiger partial charge in [-0.25, -0.2) is 0 Å². The second kappa shape index (κ2) is 69.0. The number of nitrogens with zero attached hydrogens (tertiary/aromatic N) is 1. The number of hydrogen-bond acceptors (Lipinski definition) is 1. The molecule has 0 atom stereocenters. The molecule has 0 aromatic rings. The molecule has 0 aromatic carbocycles. The van der Waals surface area contributed by atoms with Gasteiger partial charge < -0.3 is 11.0 Å². The zero-order valence-electron chi connectivity index (χ0n) is 3.26. The molecule has 32 valence electrons. The summed E-state index contributed by atoms with van der Waals surface area (Å²) in [7, 11) is 0. The summed E-state index contributed by atoms with van der Waals surface area (Å²) in [6.07, 6.45) is 0. The van der Waals surface area contributed by atoms with Gasteiger partial charge in [0.15, 0.2) is 0 Å². The number of nitriles is 1. The smallest absolute Gasteiger partial charge is 2.00 e. The van der Waals surface area contributed by atoms with Crippen LogP contribution in [0, 0.1) is 11.3 Å². The van der Waals surface area contributed by atoms with Crippen molar-refractivity contribution in [1.29, 1.82) is 5.26 Å². The van der Waals surface area contributed by atoms with E-state index in [2.05, 4.69) is 0 Å². The van der Waals surface area contributed by atoms with Gasteiger partial charge in [-0.05, 0) is 0 Å². The molecule has 0 aliphatic heterocycles. The predicted octanol–water partition coefficient (Wildman–Crippen LogP) is 0.290. The van der Waals surface area contributed by atoms with Crippen LogP contribution in [0.3, 0.4) is 0 Å². The molecular weight excluding hydrogens is 118 g/mol. The Morgan fingerprint density at radius 2 is 1.33 bits per heavy atom. The van der Waals surface area contributed by atoms with Crippen molar-refractivity contribution in [3.63, 3.8) is 0 Å². The number of hydrogen-bond donors (Lipinski definition) is 0. The molecule has 3 nitrogen and oxygen atoms in total. The van der Waals surface area contributed by atoms with E-state index < -0.39 is 0 Å². The molecule has 0 unspecified atom stereocenters. The van der Waals surface area contributed by atoms with Gasteiger partial charge >= 0.3 is 21.7 Å². The van der Waals surface area contributed by atoms with Crippen molar-refractivity contribution in [1.82, 2.24) is 0 Å². The topological polar surface area (TPSA) is 80.8 Å². The van der Waals surface area contributed by atoms with Crippen molar-refractivity contribution in [2.45, 2.75) is 6.92 Å². The summed E-state index contributed by atoms with van der Waals surface area (Å²) in [5.74, 6) is 0. The number of rotatable bonds is 0. The molecule has 0 saturated heterocycles. The van der Waals surface area contributed by atoms with Gasteiger partial charge in [0.05, 0.1) is 6.07 Å². The van der Waals surface area contributed by atoms with E-state index >= 15 is 0 Å². The van der Waals surface area contributed by atoms with E-state index in [0.29, 0.717) is 0 Å². The first-order valence-corrected chi connectivity index (χ1v) is 0.724. The maximum atomic E-state index is 7.32. The van der Waals surface area contributed by atoms with Gasteiger partial charge in [-0.1, -0.05) is 0 Å². The van der Waals surface area contributed by atoms with Crippen LogP contribution in [0.2, 0.25) is 0 Å². The van der Waals surface area contributed by atoms with Gasteiger partial charge in [0, 0.05) is 6.92 Å². The molecule has 0 bridgehead atoms. The molecule has 0 saturated carbocycles. The second-order valence-electron chi connectivity index (χ2n) is 0.224. The summed E-state index contributed by atoms with van der Waals surface area (Å²) < 4.78 is 0. The minimum atomic E-state index is 0. The molecule has 0 N–H and O–H groups in total. The molecule has 0 radical (unpaired) electrons. The van der Waals surface area contributed by atoms with Crippen LogP contribution >= 0.6 is 0 Å². The first kappa shape index (κ1) is 35.6. The summed E-state index contributed by atoms with van der Waals surface area (Å²) in [4.78, 5) is 0. The van der Waals surface area contributed by atoms with Gasteiger partial charge in [0.1, 0.15) is 0 Å². The Kier molecular flexibility index (Phi) is 410. The van der Waals surface area contributed by atoms with E-state index in [9.17, 15) is 0 Å². The SMILES string of the molecule is CC#N.[O-2].[O-2].[Ti+4]. The van der Waals surface area contributed by atoms with Crippen molar-refractivity contribution in [3.05, 3.63) is 0 Å². The van der Waals surface area contributed by atoms with Crippen molar-refractivity contribution < 1.29 is 32.7 Å². The van der Waals surface area contributed by atoms with Crippen molar-refractivity contribution in [2.24, 2.45) is 0 Å². The van der Waals surface area contributed by atoms with Crippen LogP contribution < -0.4 is 0 Å². The molecule has 0 spiro atoms. The Labute approximate surface area is 51.5 Å². The van der Waals surface area contributed by atoms with Crippen molar-refractivity contribution in [3.8, 4) is 6.07 Å². The van der Waals surface area contributed by atoms with E-state index in [1.54, 1.807) is 6.07 Å². The van der Waals surface area contributed by atoms with Gasteiger partial charge in [0.25, 0.3) is 0 Å². The molecule has 0 rings (SSSR count). The summed E-state index contributed by atoms with van der Waals surface area (Å²) >= 11 is 0. The second-order valence-corrected chi connectivity index (χ2v) is 0.224. The Balaban J connectivity index is -0.00000000667. The standard InChI is InChI=1S/C2H3N.2O.Ti/c1-2-3;;;/h1H3;;;/q;2*-2;+4. The van der Waals surface area contributed by atoms with Crippen LogP contribution in [-0.2, 0) is 32.7 Å².